The molecule has 38 heavy (non-hydrogen) atoms. The molecule has 10 nitrogen and oxygen atoms in total. The fraction of sp³-hybridized carbons (Fsp3) is 0.429. The molecule has 0 saturated carbocycles. The number of carbonyl (C=O) groups is 4. The van der Waals surface area contributed by atoms with Crippen molar-refractivity contribution in [2.75, 3.05) is 32.8 Å². The van der Waals surface area contributed by atoms with E-state index >= 15 is 0 Å². The monoisotopic (exact) mass is 521 g/mol. The minimum atomic E-state index is -0.923. The molecule has 3 heterocycles. The maximum absolute atomic E-state index is 12.0. The van der Waals surface area contributed by atoms with E-state index in [9.17, 15) is 24.3 Å². The first-order valence-electron chi connectivity index (χ1n) is 13.0. The number of benzene rings is 2. The fourth-order valence-electron chi connectivity index (χ4n) is 5.42. The number of amides is 4. The molecule has 0 spiro atoms. The number of nitrogens with one attached hydrogen (secondary N) is 1. The van der Waals surface area contributed by atoms with Gasteiger partial charge in [-0.15, -0.1) is 0 Å². The van der Waals surface area contributed by atoms with Gasteiger partial charge >= 0.3 is 6.09 Å². The number of ether oxygens (including phenoxy) is 2. The first-order valence-corrected chi connectivity index (χ1v) is 13.0. The summed E-state index contributed by atoms with van der Waals surface area (Å²) in [5.41, 5.74) is 2.65. The average molecular weight is 522 g/mol. The highest BCUT2D eigenvalue weighted by molar-refractivity contribution is 6.01. The van der Waals surface area contributed by atoms with Gasteiger partial charge in [-0.3, -0.25) is 19.3 Å². The Morgan fingerprint density at radius 3 is 2.39 bits per heavy atom. The van der Waals surface area contributed by atoms with Crippen molar-refractivity contribution >= 4 is 23.8 Å². The molecule has 0 aromatic heterocycles. The number of likely N-dealkylation sites (tertiary alicyclic amines) is 2. The second kappa shape index (κ2) is 11.1. The first-order chi connectivity index (χ1) is 18.4. The van der Waals surface area contributed by atoms with Crippen LogP contribution in [0.3, 0.4) is 0 Å². The summed E-state index contributed by atoms with van der Waals surface area (Å²) in [6, 6.07) is 13.2. The standard InChI is InChI=1S/C28H31N3O7/c32-25-7-8-26(33)31(25)13-14-37-21-4-1-18(2-5-21)23-10-12-30(28(35)36)11-9-20(23)17-38-22-6-3-19-16-29-27(34)24(19)15-22/h1-6,15,20,23H,7-14,16-17H2,(H,29,34)(H,35,36)/t20-,23-/m0/s1. The molecule has 2 N–H and O–H groups in total. The highest BCUT2D eigenvalue weighted by atomic mass is 16.5. The fourth-order valence-corrected chi connectivity index (χ4v) is 5.42. The van der Waals surface area contributed by atoms with Crippen LogP contribution in [0.5, 0.6) is 11.5 Å². The zero-order valence-corrected chi connectivity index (χ0v) is 21.1. The molecule has 2 aromatic carbocycles. The Morgan fingerprint density at radius 2 is 1.66 bits per heavy atom. The third-order valence-corrected chi connectivity index (χ3v) is 7.60. The van der Waals surface area contributed by atoms with Gasteiger partial charge in [0.1, 0.15) is 18.1 Å². The summed E-state index contributed by atoms with van der Waals surface area (Å²) >= 11 is 0. The van der Waals surface area contributed by atoms with Crippen molar-refractivity contribution in [2.45, 2.75) is 38.1 Å². The summed E-state index contributed by atoms with van der Waals surface area (Å²) in [5, 5.41) is 12.4. The summed E-state index contributed by atoms with van der Waals surface area (Å²) in [5.74, 6) is 0.987. The van der Waals surface area contributed by atoms with E-state index in [-0.39, 0.29) is 55.6 Å². The van der Waals surface area contributed by atoms with Gasteiger partial charge in [-0.05, 0) is 54.2 Å². The lowest BCUT2D eigenvalue weighted by Crippen LogP contribution is -2.33. The zero-order chi connectivity index (χ0) is 26.6. The van der Waals surface area contributed by atoms with Crippen LogP contribution in [0.15, 0.2) is 42.5 Å². The van der Waals surface area contributed by atoms with Gasteiger partial charge in [-0.1, -0.05) is 18.2 Å². The van der Waals surface area contributed by atoms with E-state index in [1.54, 1.807) is 6.07 Å². The molecule has 2 atom stereocenters. The van der Waals surface area contributed by atoms with Crippen LogP contribution in [0.1, 0.15) is 53.1 Å². The molecular formula is C28H31N3O7. The molecule has 0 unspecified atom stereocenters. The summed E-state index contributed by atoms with van der Waals surface area (Å²) < 4.78 is 11.9. The number of carbonyl (C=O) groups excluding carboxylic acids is 3. The van der Waals surface area contributed by atoms with Crippen LogP contribution in [-0.4, -0.2) is 71.6 Å². The maximum atomic E-state index is 12.0. The van der Waals surface area contributed by atoms with Crippen LogP contribution in [0.4, 0.5) is 4.79 Å². The van der Waals surface area contributed by atoms with Gasteiger partial charge in [-0.2, -0.15) is 0 Å². The van der Waals surface area contributed by atoms with Crippen LogP contribution in [0.25, 0.3) is 0 Å². The van der Waals surface area contributed by atoms with Crippen LogP contribution < -0.4 is 14.8 Å². The summed E-state index contributed by atoms with van der Waals surface area (Å²) in [6.07, 6.45) is 0.917. The van der Waals surface area contributed by atoms with Crippen molar-refractivity contribution in [2.24, 2.45) is 5.92 Å². The van der Waals surface area contributed by atoms with Crippen LogP contribution in [0, 0.1) is 5.92 Å². The molecular weight excluding hydrogens is 490 g/mol. The van der Waals surface area contributed by atoms with Gasteiger partial charge in [-0.25, -0.2) is 4.79 Å². The molecule has 2 saturated heterocycles. The SMILES string of the molecule is O=C1NCc2ccc(OC[C@@H]3CCN(C(=O)O)CC[C@H]3c3ccc(OCCN4C(=O)CCC4=O)cc3)cc21. The number of fused-ring (bicyclic) bond motifs is 1. The van der Waals surface area contributed by atoms with E-state index in [1.807, 2.05) is 36.4 Å². The minimum Gasteiger partial charge on any atom is -0.493 e. The van der Waals surface area contributed by atoms with Crippen molar-refractivity contribution in [3.8, 4) is 11.5 Å². The Bertz CT molecular complexity index is 1210. The van der Waals surface area contributed by atoms with Gasteiger partial charge in [0.25, 0.3) is 5.91 Å². The normalized spacial score (nSPS) is 21.2. The van der Waals surface area contributed by atoms with Gasteiger partial charge < -0.3 is 24.8 Å². The lowest BCUT2D eigenvalue weighted by atomic mass is 9.83. The van der Waals surface area contributed by atoms with E-state index in [4.69, 9.17) is 9.47 Å². The predicted octanol–water partition coefficient (Wildman–Crippen LogP) is 3.01. The molecule has 3 aliphatic heterocycles. The third kappa shape index (κ3) is 5.58. The summed E-state index contributed by atoms with van der Waals surface area (Å²) in [7, 11) is 0. The highest BCUT2D eigenvalue weighted by Crippen LogP contribution is 2.35. The van der Waals surface area contributed by atoms with E-state index in [1.165, 1.54) is 9.80 Å². The quantitative estimate of drug-likeness (QED) is 0.512. The Hall–Kier alpha value is -4.08. The average Bonchev–Trinajstić information content (AvgIpc) is 3.34. The van der Waals surface area contributed by atoms with Crippen molar-refractivity contribution in [3.63, 3.8) is 0 Å². The topological polar surface area (TPSA) is 125 Å². The Labute approximate surface area is 220 Å². The predicted molar refractivity (Wildman–Crippen MR) is 136 cm³/mol. The number of carboxylic acid groups (broad SMARTS) is 1. The Balaban J connectivity index is 1.24. The van der Waals surface area contributed by atoms with Crippen molar-refractivity contribution in [3.05, 3.63) is 59.2 Å². The number of imide groups is 1. The van der Waals surface area contributed by atoms with Crippen molar-refractivity contribution in [1.82, 2.24) is 15.1 Å². The van der Waals surface area contributed by atoms with Gasteiger partial charge in [0.15, 0.2) is 0 Å². The lowest BCUT2D eigenvalue weighted by molar-refractivity contribution is -0.138. The molecule has 0 bridgehead atoms. The van der Waals surface area contributed by atoms with Gasteiger partial charge in [0.05, 0.1) is 13.2 Å². The zero-order valence-electron chi connectivity index (χ0n) is 21.1. The van der Waals surface area contributed by atoms with Gasteiger partial charge in [0, 0.05) is 44.0 Å². The second-order valence-corrected chi connectivity index (χ2v) is 9.88. The molecule has 2 aromatic rings. The molecule has 200 valence electrons. The number of rotatable bonds is 8. The highest BCUT2D eigenvalue weighted by Gasteiger charge is 2.31. The summed E-state index contributed by atoms with van der Waals surface area (Å²) in [4.78, 5) is 49.9. The van der Waals surface area contributed by atoms with Crippen molar-refractivity contribution in [1.29, 1.82) is 0 Å². The van der Waals surface area contributed by atoms with Crippen LogP contribution >= 0.6 is 0 Å². The first kappa shape index (κ1) is 25.6. The largest absolute Gasteiger partial charge is 0.493 e. The molecule has 0 aliphatic carbocycles. The summed E-state index contributed by atoms with van der Waals surface area (Å²) in [6.45, 7) is 2.25. The van der Waals surface area contributed by atoms with E-state index in [0.717, 1.165) is 11.1 Å². The van der Waals surface area contributed by atoms with Crippen LogP contribution in [-0.2, 0) is 16.1 Å². The number of hydrogen-bond acceptors (Lipinski definition) is 6. The third-order valence-electron chi connectivity index (χ3n) is 7.60. The molecule has 10 heteroatoms. The maximum Gasteiger partial charge on any atom is 0.407 e. The lowest BCUT2D eigenvalue weighted by Gasteiger charge is -2.25. The molecule has 3 aliphatic rings. The van der Waals surface area contributed by atoms with Crippen LogP contribution in [0.2, 0.25) is 0 Å². The Morgan fingerprint density at radius 1 is 0.947 bits per heavy atom. The van der Waals surface area contributed by atoms with Crippen molar-refractivity contribution < 1.29 is 33.8 Å². The van der Waals surface area contributed by atoms with Gasteiger partial charge in [0.2, 0.25) is 11.8 Å². The smallest absolute Gasteiger partial charge is 0.407 e. The molecule has 0 radical (unpaired) electrons. The Kier molecular flexibility index (Phi) is 7.48. The van der Waals surface area contributed by atoms with E-state index < -0.39 is 6.09 Å². The molecule has 4 amide bonds. The number of hydrogen-bond donors (Lipinski definition) is 2. The molecule has 5 rings (SSSR count). The van der Waals surface area contributed by atoms with E-state index in [2.05, 4.69) is 5.32 Å². The minimum absolute atomic E-state index is 0.0698. The van der Waals surface area contributed by atoms with E-state index in [0.29, 0.717) is 56.1 Å². The number of nitrogens with zero attached hydrogens (tertiary/aromatic N) is 2. The second-order valence-electron chi connectivity index (χ2n) is 9.88. The molecule has 2 fully saturated rings.